The predicted octanol–water partition coefficient (Wildman–Crippen LogP) is 4.49. The topological polar surface area (TPSA) is 139 Å². The number of furan rings is 1. The van der Waals surface area contributed by atoms with Gasteiger partial charge in [0.1, 0.15) is 23.0 Å². The Morgan fingerprint density at radius 1 is 0.974 bits per heavy atom. The van der Waals surface area contributed by atoms with Gasteiger partial charge in [0, 0.05) is 34.4 Å². The minimum Gasteiger partial charge on any atom is -0.480 e. The van der Waals surface area contributed by atoms with E-state index in [4.69, 9.17) is 8.83 Å². The summed E-state index contributed by atoms with van der Waals surface area (Å²) in [5.41, 5.74) is 3.56. The van der Waals surface area contributed by atoms with Crippen LogP contribution in [0.3, 0.4) is 0 Å². The molecule has 0 aliphatic heterocycles. The van der Waals surface area contributed by atoms with Crippen LogP contribution in [0, 0.1) is 19.8 Å². The third-order valence-corrected chi connectivity index (χ3v) is 7.18. The zero-order chi connectivity index (χ0) is 28.3. The molecule has 0 saturated carbocycles. The Kier molecular flexibility index (Phi) is 8.18. The van der Waals surface area contributed by atoms with Gasteiger partial charge >= 0.3 is 11.6 Å². The lowest BCUT2D eigenvalue weighted by molar-refractivity contribution is -0.143. The van der Waals surface area contributed by atoms with Gasteiger partial charge in [0.2, 0.25) is 11.8 Å². The van der Waals surface area contributed by atoms with Crippen molar-refractivity contribution in [2.24, 2.45) is 5.92 Å². The van der Waals surface area contributed by atoms with Crippen LogP contribution < -0.4 is 16.3 Å². The molecule has 9 heteroatoms. The van der Waals surface area contributed by atoms with Crippen molar-refractivity contribution in [2.75, 3.05) is 6.54 Å². The van der Waals surface area contributed by atoms with Gasteiger partial charge in [-0.1, -0.05) is 50.6 Å². The van der Waals surface area contributed by atoms with E-state index in [1.54, 1.807) is 13.0 Å². The maximum Gasteiger partial charge on any atom is 0.339 e. The van der Waals surface area contributed by atoms with Crippen molar-refractivity contribution < 1.29 is 28.3 Å². The lowest BCUT2D eigenvalue weighted by Gasteiger charge is -2.20. The molecule has 0 bridgehead atoms. The first-order chi connectivity index (χ1) is 18.6. The van der Waals surface area contributed by atoms with Gasteiger partial charge in [-0.05, 0) is 43.4 Å². The molecule has 2 heterocycles. The highest BCUT2D eigenvalue weighted by Crippen LogP contribution is 2.37. The number of hydrogen-bond acceptors (Lipinski definition) is 6. The zero-order valence-corrected chi connectivity index (χ0v) is 22.4. The Morgan fingerprint density at radius 2 is 1.67 bits per heavy atom. The smallest absolute Gasteiger partial charge is 0.339 e. The van der Waals surface area contributed by atoms with Crippen LogP contribution in [-0.4, -0.2) is 35.5 Å². The van der Waals surface area contributed by atoms with E-state index >= 15 is 0 Å². The van der Waals surface area contributed by atoms with Crippen molar-refractivity contribution in [2.45, 2.75) is 53.0 Å². The van der Waals surface area contributed by atoms with Crippen LogP contribution in [0.25, 0.3) is 33.1 Å². The Balaban J connectivity index is 1.50. The monoisotopic (exact) mass is 532 g/mol. The standard InChI is InChI=1S/C30H32N2O7/c1-5-16(2)28(29(35)36)32-26(34)15-31-25(33)12-11-20-17(3)21-13-22-24(14-23(21)39-30(20)37)38-18(4)27(22)19-9-7-6-8-10-19/h6-10,13-14,16,28H,5,11-12,15H2,1-4H3,(H,31,33)(H,32,34)(H,35,36)/t16-,28+/m1/s1. The van der Waals surface area contributed by atoms with Crippen molar-refractivity contribution in [3.05, 3.63) is 69.8 Å². The fourth-order valence-electron chi connectivity index (χ4n) is 4.77. The number of aryl methyl sites for hydroxylation is 2. The first kappa shape index (κ1) is 27.6. The average Bonchev–Trinajstić information content (AvgIpc) is 3.23. The lowest BCUT2D eigenvalue weighted by Crippen LogP contribution is -2.48. The molecule has 3 N–H and O–H groups in total. The number of carboxylic acid groups (broad SMARTS) is 1. The Labute approximate surface area is 225 Å². The van der Waals surface area contributed by atoms with E-state index in [9.17, 15) is 24.3 Å². The number of nitrogens with one attached hydrogen (secondary N) is 2. The molecule has 2 amide bonds. The predicted molar refractivity (Wildman–Crippen MR) is 148 cm³/mol. The van der Waals surface area contributed by atoms with Gasteiger partial charge in [-0.15, -0.1) is 0 Å². The quantitative estimate of drug-likeness (QED) is 0.256. The lowest BCUT2D eigenvalue weighted by atomic mass is 9.98. The van der Waals surface area contributed by atoms with Gasteiger partial charge in [0.05, 0.1) is 6.54 Å². The molecule has 0 radical (unpaired) electrons. The van der Waals surface area contributed by atoms with Gasteiger partial charge in [0.25, 0.3) is 0 Å². The molecule has 0 unspecified atom stereocenters. The van der Waals surface area contributed by atoms with E-state index in [1.807, 2.05) is 57.2 Å². The summed E-state index contributed by atoms with van der Waals surface area (Å²) in [4.78, 5) is 48.8. The number of carboxylic acids is 1. The fraction of sp³-hybridized carbons (Fsp3) is 0.333. The van der Waals surface area contributed by atoms with Crippen molar-refractivity contribution in [1.82, 2.24) is 10.6 Å². The van der Waals surface area contributed by atoms with Crippen LogP contribution in [0.4, 0.5) is 0 Å². The molecule has 0 aliphatic rings. The van der Waals surface area contributed by atoms with Crippen molar-refractivity contribution in [3.8, 4) is 11.1 Å². The molecule has 39 heavy (non-hydrogen) atoms. The fourth-order valence-corrected chi connectivity index (χ4v) is 4.77. The van der Waals surface area contributed by atoms with Crippen LogP contribution in [0.2, 0.25) is 0 Å². The summed E-state index contributed by atoms with van der Waals surface area (Å²) < 4.78 is 11.6. The van der Waals surface area contributed by atoms with Gasteiger partial charge in [-0.25, -0.2) is 9.59 Å². The highest BCUT2D eigenvalue weighted by atomic mass is 16.4. The minimum absolute atomic E-state index is 0.0412. The third-order valence-electron chi connectivity index (χ3n) is 7.18. The van der Waals surface area contributed by atoms with Crippen LogP contribution in [0.15, 0.2) is 56.1 Å². The maximum atomic E-state index is 12.8. The summed E-state index contributed by atoms with van der Waals surface area (Å²) in [6.45, 7) is 6.93. The van der Waals surface area contributed by atoms with Gasteiger partial charge in [-0.3, -0.25) is 9.59 Å². The third kappa shape index (κ3) is 5.87. The largest absolute Gasteiger partial charge is 0.480 e. The van der Waals surface area contributed by atoms with E-state index < -0.39 is 29.5 Å². The summed E-state index contributed by atoms with van der Waals surface area (Å²) in [7, 11) is 0. The molecule has 2 aromatic carbocycles. The molecule has 4 aromatic rings. The van der Waals surface area contributed by atoms with Crippen molar-refractivity contribution in [1.29, 1.82) is 0 Å². The van der Waals surface area contributed by atoms with Gasteiger partial charge in [0.15, 0.2) is 0 Å². The Hall–Kier alpha value is -4.40. The number of aliphatic carboxylic acids is 1. The Bertz CT molecular complexity index is 1600. The number of rotatable bonds is 10. The summed E-state index contributed by atoms with van der Waals surface area (Å²) in [6, 6.07) is 12.5. The Morgan fingerprint density at radius 3 is 2.33 bits per heavy atom. The van der Waals surface area contributed by atoms with E-state index in [2.05, 4.69) is 10.6 Å². The average molecular weight is 533 g/mol. The molecule has 2 atom stereocenters. The van der Waals surface area contributed by atoms with Crippen molar-refractivity contribution in [3.63, 3.8) is 0 Å². The SMILES string of the molecule is CC[C@@H](C)[C@H](NC(=O)CNC(=O)CCc1c(C)c2cc3c(-c4ccccc4)c(C)oc3cc2oc1=O)C(=O)O. The van der Waals surface area contributed by atoms with Crippen molar-refractivity contribution >= 4 is 39.7 Å². The molecule has 0 saturated heterocycles. The van der Waals surface area contributed by atoms with Crippen LogP contribution >= 0.6 is 0 Å². The summed E-state index contributed by atoms with van der Waals surface area (Å²) in [6.07, 6.45) is 0.660. The molecule has 0 fully saturated rings. The highest BCUT2D eigenvalue weighted by molar-refractivity contribution is 6.03. The molecule has 2 aromatic heterocycles. The minimum atomic E-state index is -1.12. The normalized spacial score (nSPS) is 12.8. The second-order valence-electron chi connectivity index (χ2n) is 9.78. The summed E-state index contributed by atoms with van der Waals surface area (Å²) >= 11 is 0. The van der Waals surface area contributed by atoms with Crippen LogP contribution in [0.1, 0.15) is 43.6 Å². The number of amides is 2. The maximum absolute atomic E-state index is 12.8. The molecular formula is C30H32N2O7. The number of benzene rings is 2. The second-order valence-corrected chi connectivity index (χ2v) is 9.78. The molecule has 0 aliphatic carbocycles. The molecule has 0 spiro atoms. The van der Waals surface area contributed by atoms with Crippen LogP contribution in [0.5, 0.6) is 0 Å². The number of hydrogen-bond donors (Lipinski definition) is 3. The highest BCUT2D eigenvalue weighted by Gasteiger charge is 2.25. The second kappa shape index (κ2) is 11.6. The summed E-state index contributed by atoms with van der Waals surface area (Å²) in [5, 5.41) is 15.9. The number of fused-ring (bicyclic) bond motifs is 2. The van der Waals surface area contributed by atoms with E-state index in [1.165, 1.54) is 0 Å². The van der Waals surface area contributed by atoms with E-state index in [0.717, 1.165) is 27.7 Å². The number of carbonyl (C=O) groups excluding carboxylic acids is 2. The zero-order valence-electron chi connectivity index (χ0n) is 22.4. The molecule has 4 rings (SSSR count). The molecular weight excluding hydrogens is 500 g/mol. The molecule has 204 valence electrons. The molecule has 9 nitrogen and oxygen atoms in total. The first-order valence-electron chi connectivity index (χ1n) is 12.9. The van der Waals surface area contributed by atoms with Gasteiger partial charge in [-0.2, -0.15) is 0 Å². The summed E-state index contributed by atoms with van der Waals surface area (Å²) in [5.74, 6) is -1.65. The number of carbonyl (C=O) groups is 3. The van der Waals surface area contributed by atoms with Gasteiger partial charge < -0.3 is 24.6 Å². The first-order valence-corrected chi connectivity index (χ1v) is 12.9. The van der Waals surface area contributed by atoms with Crippen LogP contribution in [-0.2, 0) is 20.8 Å². The van der Waals surface area contributed by atoms with E-state index in [-0.39, 0.29) is 25.3 Å². The van der Waals surface area contributed by atoms with E-state index in [0.29, 0.717) is 28.7 Å².